The van der Waals surface area contributed by atoms with E-state index in [4.69, 9.17) is 37.4 Å². The number of sulfonamides is 1. The van der Waals surface area contributed by atoms with Crippen molar-refractivity contribution >= 4 is 45.3 Å². The summed E-state index contributed by atoms with van der Waals surface area (Å²) >= 11 is 12.0. The summed E-state index contributed by atoms with van der Waals surface area (Å²) in [5.74, 6) is -0.219. The highest BCUT2D eigenvalue weighted by Gasteiger charge is 2.25. The molecule has 0 bridgehead atoms. The van der Waals surface area contributed by atoms with Crippen LogP contribution in [0.5, 0.6) is 5.75 Å². The fraction of sp³-hybridized carbons (Fsp3) is 0.286. The van der Waals surface area contributed by atoms with E-state index >= 15 is 0 Å². The van der Waals surface area contributed by atoms with Gasteiger partial charge in [0.05, 0.1) is 28.2 Å². The maximum atomic E-state index is 12.6. The van der Waals surface area contributed by atoms with Crippen LogP contribution in [0.25, 0.3) is 6.08 Å². The van der Waals surface area contributed by atoms with Crippen LogP contribution in [0.2, 0.25) is 10.0 Å². The summed E-state index contributed by atoms with van der Waals surface area (Å²) in [6.07, 6.45) is 2.80. The zero-order chi connectivity index (χ0) is 22.3. The summed E-state index contributed by atoms with van der Waals surface area (Å²) in [6.45, 7) is 1.56. The third-order valence-electron chi connectivity index (χ3n) is 4.39. The number of esters is 1. The van der Waals surface area contributed by atoms with Crippen LogP contribution in [0.3, 0.4) is 0 Å². The molecule has 1 heterocycles. The van der Waals surface area contributed by atoms with Gasteiger partial charge in [-0.1, -0.05) is 41.4 Å². The Hall–Kier alpha value is -2.10. The van der Waals surface area contributed by atoms with E-state index in [1.54, 1.807) is 36.4 Å². The van der Waals surface area contributed by atoms with Crippen molar-refractivity contribution in [2.24, 2.45) is 0 Å². The molecule has 0 radical (unpaired) electrons. The van der Waals surface area contributed by atoms with Crippen LogP contribution < -0.4 is 4.74 Å². The van der Waals surface area contributed by atoms with E-state index in [1.807, 2.05) is 0 Å². The molecule has 0 amide bonds. The zero-order valence-corrected chi connectivity index (χ0v) is 18.8. The highest BCUT2D eigenvalue weighted by Crippen LogP contribution is 2.32. The van der Waals surface area contributed by atoms with Crippen molar-refractivity contribution in [3.05, 3.63) is 64.1 Å². The van der Waals surface area contributed by atoms with Crippen LogP contribution in [-0.2, 0) is 24.3 Å². The van der Waals surface area contributed by atoms with E-state index in [0.717, 1.165) is 0 Å². The number of ether oxygens (including phenoxy) is 3. The summed E-state index contributed by atoms with van der Waals surface area (Å²) < 4.78 is 42.3. The Morgan fingerprint density at radius 3 is 2.32 bits per heavy atom. The molecule has 10 heteroatoms. The summed E-state index contributed by atoms with van der Waals surface area (Å²) in [7, 11) is -3.55. The van der Waals surface area contributed by atoms with Gasteiger partial charge in [-0.3, -0.25) is 0 Å². The van der Waals surface area contributed by atoms with Gasteiger partial charge in [-0.05, 0) is 35.9 Å². The average molecular weight is 486 g/mol. The molecule has 1 saturated heterocycles. The highest BCUT2D eigenvalue weighted by molar-refractivity contribution is 7.89. The van der Waals surface area contributed by atoms with Crippen LogP contribution in [0.15, 0.2) is 53.4 Å². The molecule has 0 aromatic heterocycles. The fourth-order valence-electron chi connectivity index (χ4n) is 2.81. The van der Waals surface area contributed by atoms with Crippen molar-refractivity contribution in [2.75, 3.05) is 39.5 Å². The molecular formula is C21H21Cl2NO6S. The molecule has 1 fully saturated rings. The molecular weight excluding hydrogens is 465 g/mol. The van der Waals surface area contributed by atoms with E-state index in [1.165, 1.54) is 22.5 Å². The quantitative estimate of drug-likeness (QED) is 0.322. The van der Waals surface area contributed by atoms with Gasteiger partial charge in [-0.25, -0.2) is 13.2 Å². The second kappa shape index (κ2) is 11.0. The zero-order valence-electron chi connectivity index (χ0n) is 16.5. The number of rotatable bonds is 8. The molecule has 0 aliphatic carbocycles. The van der Waals surface area contributed by atoms with Crippen LogP contribution in [0.1, 0.15) is 5.56 Å². The van der Waals surface area contributed by atoms with E-state index in [-0.39, 0.29) is 18.1 Å². The van der Waals surface area contributed by atoms with Crippen LogP contribution in [0.4, 0.5) is 0 Å². The van der Waals surface area contributed by atoms with Gasteiger partial charge in [-0.2, -0.15) is 4.31 Å². The second-order valence-electron chi connectivity index (χ2n) is 6.49. The summed E-state index contributed by atoms with van der Waals surface area (Å²) in [4.78, 5) is 12.1. The molecule has 3 rings (SSSR count). The molecule has 7 nitrogen and oxygen atoms in total. The Kier molecular flexibility index (Phi) is 8.34. The third-order valence-corrected chi connectivity index (χ3v) is 6.90. The molecule has 0 unspecified atom stereocenters. The minimum absolute atomic E-state index is 0.0153. The van der Waals surface area contributed by atoms with E-state index in [2.05, 4.69) is 0 Å². The number of hydrogen-bond donors (Lipinski definition) is 0. The maximum absolute atomic E-state index is 12.6. The number of carbonyl (C=O) groups is 1. The first kappa shape index (κ1) is 23.6. The predicted molar refractivity (Wildman–Crippen MR) is 118 cm³/mol. The van der Waals surface area contributed by atoms with Gasteiger partial charge in [0.25, 0.3) is 0 Å². The number of carbonyl (C=O) groups excluding carboxylic acids is 1. The normalized spacial score (nSPS) is 15.2. The minimum Gasteiger partial charge on any atom is -0.487 e. The molecule has 0 spiro atoms. The second-order valence-corrected chi connectivity index (χ2v) is 9.24. The highest BCUT2D eigenvalue weighted by atomic mass is 35.5. The largest absolute Gasteiger partial charge is 0.487 e. The predicted octanol–water partition coefficient (Wildman–Crippen LogP) is 3.65. The molecule has 0 atom stereocenters. The lowest BCUT2D eigenvalue weighted by Gasteiger charge is -2.26. The smallest absolute Gasteiger partial charge is 0.330 e. The number of para-hydroxylation sites is 1. The van der Waals surface area contributed by atoms with Gasteiger partial charge in [0.15, 0.2) is 5.75 Å². The number of morpholine rings is 1. The minimum atomic E-state index is -3.55. The van der Waals surface area contributed by atoms with Crippen molar-refractivity contribution in [1.82, 2.24) is 4.31 Å². The van der Waals surface area contributed by atoms with Crippen molar-refractivity contribution in [3.63, 3.8) is 0 Å². The third kappa shape index (κ3) is 6.44. The summed E-state index contributed by atoms with van der Waals surface area (Å²) in [6, 6.07) is 11.3. The molecule has 1 aliphatic rings. The van der Waals surface area contributed by atoms with Crippen LogP contribution >= 0.6 is 23.2 Å². The van der Waals surface area contributed by atoms with Crippen molar-refractivity contribution in [1.29, 1.82) is 0 Å². The lowest BCUT2D eigenvalue weighted by Crippen LogP contribution is -2.40. The Morgan fingerprint density at radius 2 is 1.68 bits per heavy atom. The van der Waals surface area contributed by atoms with Crippen LogP contribution in [-0.4, -0.2) is 58.2 Å². The first-order valence-electron chi connectivity index (χ1n) is 9.47. The van der Waals surface area contributed by atoms with Gasteiger partial charge in [0, 0.05) is 19.2 Å². The average Bonchev–Trinajstić information content (AvgIpc) is 2.78. The molecule has 1 aliphatic heterocycles. The van der Waals surface area contributed by atoms with Crippen molar-refractivity contribution in [3.8, 4) is 5.75 Å². The van der Waals surface area contributed by atoms with Gasteiger partial charge in [0.1, 0.15) is 13.2 Å². The number of hydrogen-bond acceptors (Lipinski definition) is 6. The standard InChI is InChI=1S/C21H21Cl2NO6S/c22-18-2-1-3-19(23)21(18)30-15-14-29-20(25)9-6-16-4-7-17(8-5-16)31(26,27)24-10-12-28-13-11-24/h1-9H,10-15H2/b9-6+. The molecule has 31 heavy (non-hydrogen) atoms. The number of halogens is 2. The maximum Gasteiger partial charge on any atom is 0.330 e. The fourth-order valence-corrected chi connectivity index (χ4v) is 4.72. The molecule has 2 aromatic rings. The number of benzene rings is 2. The summed E-state index contributed by atoms with van der Waals surface area (Å²) in [5, 5.41) is 0.746. The van der Waals surface area contributed by atoms with Crippen LogP contribution in [0, 0.1) is 0 Å². The van der Waals surface area contributed by atoms with Gasteiger partial charge < -0.3 is 14.2 Å². The molecule has 2 aromatic carbocycles. The molecule has 0 saturated carbocycles. The van der Waals surface area contributed by atoms with Crippen molar-refractivity contribution in [2.45, 2.75) is 4.90 Å². The van der Waals surface area contributed by atoms with E-state index in [0.29, 0.717) is 47.7 Å². The Bertz CT molecular complexity index is 1010. The Balaban J connectivity index is 1.48. The SMILES string of the molecule is O=C(/C=C/c1ccc(S(=O)(=O)N2CCOCC2)cc1)OCCOc1c(Cl)cccc1Cl. The van der Waals surface area contributed by atoms with E-state index in [9.17, 15) is 13.2 Å². The lowest BCUT2D eigenvalue weighted by molar-refractivity contribution is -0.138. The monoisotopic (exact) mass is 485 g/mol. The molecule has 0 N–H and O–H groups in total. The van der Waals surface area contributed by atoms with Gasteiger partial charge >= 0.3 is 5.97 Å². The Morgan fingerprint density at radius 1 is 1.03 bits per heavy atom. The Labute approximate surface area is 191 Å². The van der Waals surface area contributed by atoms with Crippen molar-refractivity contribution < 1.29 is 27.4 Å². The van der Waals surface area contributed by atoms with Gasteiger partial charge in [-0.15, -0.1) is 0 Å². The van der Waals surface area contributed by atoms with E-state index < -0.39 is 16.0 Å². The van der Waals surface area contributed by atoms with Gasteiger partial charge in [0.2, 0.25) is 10.0 Å². The molecule has 166 valence electrons. The first-order chi connectivity index (χ1) is 14.9. The first-order valence-corrected chi connectivity index (χ1v) is 11.7. The lowest BCUT2D eigenvalue weighted by atomic mass is 10.2. The summed E-state index contributed by atoms with van der Waals surface area (Å²) in [5.41, 5.74) is 0.664. The topological polar surface area (TPSA) is 82.1 Å². The number of nitrogens with zero attached hydrogens (tertiary/aromatic N) is 1.